The Morgan fingerprint density at radius 2 is 1.96 bits per heavy atom. The van der Waals surface area contributed by atoms with Crippen LogP contribution in [0.3, 0.4) is 0 Å². The van der Waals surface area contributed by atoms with Crippen LogP contribution >= 0.6 is 0 Å². The van der Waals surface area contributed by atoms with Crippen LogP contribution in [0.25, 0.3) is 10.9 Å². The molecular formula is C20H26N6O. The summed E-state index contributed by atoms with van der Waals surface area (Å²) < 4.78 is 3.53. The Labute approximate surface area is 158 Å². The van der Waals surface area contributed by atoms with E-state index in [4.69, 9.17) is 4.98 Å². The van der Waals surface area contributed by atoms with Gasteiger partial charge in [0.2, 0.25) is 0 Å². The second kappa shape index (κ2) is 7.60. The minimum atomic E-state index is -0.0388. The van der Waals surface area contributed by atoms with Crippen molar-refractivity contribution in [3.63, 3.8) is 0 Å². The molecule has 0 unspecified atom stereocenters. The molecular weight excluding hydrogens is 340 g/mol. The molecule has 1 saturated heterocycles. The maximum Gasteiger partial charge on any atom is 0.261 e. The minimum Gasteiger partial charge on any atom is -0.306 e. The zero-order chi connectivity index (χ0) is 18.8. The highest BCUT2D eigenvalue weighted by Crippen LogP contribution is 2.19. The van der Waals surface area contributed by atoms with Gasteiger partial charge in [0.05, 0.1) is 23.8 Å². The van der Waals surface area contributed by atoms with Crippen molar-refractivity contribution in [2.24, 2.45) is 5.92 Å². The maximum absolute atomic E-state index is 12.7. The van der Waals surface area contributed by atoms with E-state index in [0.29, 0.717) is 17.8 Å². The summed E-state index contributed by atoms with van der Waals surface area (Å²) in [4.78, 5) is 24.3. The van der Waals surface area contributed by atoms with Gasteiger partial charge < -0.3 is 4.90 Å². The number of likely N-dealkylation sites (tertiary alicyclic amines) is 1. The van der Waals surface area contributed by atoms with E-state index >= 15 is 0 Å². The zero-order valence-electron chi connectivity index (χ0n) is 16.0. The molecule has 3 heterocycles. The van der Waals surface area contributed by atoms with Crippen molar-refractivity contribution < 1.29 is 0 Å². The van der Waals surface area contributed by atoms with Gasteiger partial charge in [-0.15, -0.1) is 0 Å². The summed E-state index contributed by atoms with van der Waals surface area (Å²) in [6, 6.07) is 7.43. The van der Waals surface area contributed by atoms with Crippen LogP contribution in [0.2, 0.25) is 0 Å². The lowest BCUT2D eigenvalue weighted by Gasteiger charge is -2.28. The van der Waals surface area contributed by atoms with Crippen LogP contribution in [-0.4, -0.2) is 49.4 Å². The molecule has 0 spiro atoms. The highest BCUT2D eigenvalue weighted by Gasteiger charge is 2.20. The fourth-order valence-electron chi connectivity index (χ4n) is 3.78. The molecule has 7 nitrogen and oxygen atoms in total. The molecule has 0 radical (unpaired) electrons. The number of rotatable bonds is 5. The van der Waals surface area contributed by atoms with Crippen LogP contribution in [-0.2, 0) is 19.5 Å². The van der Waals surface area contributed by atoms with Gasteiger partial charge >= 0.3 is 0 Å². The lowest BCUT2D eigenvalue weighted by atomic mass is 9.94. The fourth-order valence-corrected chi connectivity index (χ4v) is 3.78. The van der Waals surface area contributed by atoms with Gasteiger partial charge in [-0.3, -0.25) is 9.36 Å². The molecule has 0 amide bonds. The largest absolute Gasteiger partial charge is 0.306 e. The average Bonchev–Trinajstić information content (AvgIpc) is 3.07. The number of fused-ring (bicyclic) bond motifs is 1. The standard InChI is InChI=1S/C20H26N6O/c1-3-26-19(22-18(23-26)12-15-8-10-24(2)11-9-15)13-25-14-21-17-7-5-4-6-16(17)20(25)27/h4-7,14-15H,3,8-13H2,1-2H3. The van der Waals surface area contributed by atoms with Crippen molar-refractivity contribution in [2.45, 2.75) is 39.3 Å². The molecule has 1 aliphatic heterocycles. The van der Waals surface area contributed by atoms with Crippen LogP contribution in [0.4, 0.5) is 0 Å². The lowest BCUT2D eigenvalue weighted by Crippen LogP contribution is -2.31. The predicted octanol–water partition coefficient (Wildman–Crippen LogP) is 1.94. The quantitative estimate of drug-likeness (QED) is 0.690. The van der Waals surface area contributed by atoms with E-state index in [0.717, 1.165) is 43.2 Å². The number of para-hydroxylation sites is 1. The molecule has 2 aromatic heterocycles. The number of aryl methyl sites for hydroxylation is 1. The molecule has 0 bridgehead atoms. The molecule has 4 rings (SSSR count). The van der Waals surface area contributed by atoms with Crippen LogP contribution < -0.4 is 5.56 Å². The monoisotopic (exact) mass is 366 g/mol. The Kier molecular flexibility index (Phi) is 5.03. The Balaban J connectivity index is 1.56. The van der Waals surface area contributed by atoms with E-state index in [1.165, 1.54) is 12.8 Å². The van der Waals surface area contributed by atoms with Crippen molar-refractivity contribution in [2.75, 3.05) is 20.1 Å². The number of hydrogen-bond acceptors (Lipinski definition) is 5. The highest BCUT2D eigenvalue weighted by molar-refractivity contribution is 5.76. The number of nitrogens with zero attached hydrogens (tertiary/aromatic N) is 6. The zero-order valence-corrected chi connectivity index (χ0v) is 16.0. The van der Waals surface area contributed by atoms with Crippen LogP contribution in [0, 0.1) is 5.92 Å². The van der Waals surface area contributed by atoms with E-state index in [1.54, 1.807) is 10.9 Å². The summed E-state index contributed by atoms with van der Waals surface area (Å²) in [6.45, 7) is 5.48. The Morgan fingerprint density at radius 3 is 2.74 bits per heavy atom. The third kappa shape index (κ3) is 3.78. The summed E-state index contributed by atoms with van der Waals surface area (Å²) in [5.41, 5.74) is 0.682. The first-order chi connectivity index (χ1) is 13.1. The summed E-state index contributed by atoms with van der Waals surface area (Å²) in [7, 11) is 2.17. The van der Waals surface area contributed by atoms with Gasteiger partial charge in [0.15, 0.2) is 5.82 Å². The summed E-state index contributed by atoms with van der Waals surface area (Å²) >= 11 is 0. The van der Waals surface area contributed by atoms with Crippen molar-refractivity contribution in [3.05, 3.63) is 52.6 Å². The molecule has 1 aliphatic rings. The van der Waals surface area contributed by atoms with E-state index in [2.05, 4.69) is 29.0 Å². The Morgan fingerprint density at radius 1 is 1.19 bits per heavy atom. The smallest absolute Gasteiger partial charge is 0.261 e. The Hall–Kier alpha value is -2.54. The van der Waals surface area contributed by atoms with Gasteiger partial charge in [0, 0.05) is 13.0 Å². The first-order valence-corrected chi connectivity index (χ1v) is 9.69. The lowest BCUT2D eigenvalue weighted by molar-refractivity contribution is 0.217. The molecule has 0 saturated carbocycles. The van der Waals surface area contributed by atoms with Gasteiger partial charge in [0.1, 0.15) is 5.82 Å². The van der Waals surface area contributed by atoms with E-state index < -0.39 is 0 Å². The van der Waals surface area contributed by atoms with Crippen molar-refractivity contribution in [1.29, 1.82) is 0 Å². The van der Waals surface area contributed by atoms with E-state index in [9.17, 15) is 4.79 Å². The Bertz CT molecular complexity index is 984. The third-order valence-electron chi connectivity index (χ3n) is 5.44. The summed E-state index contributed by atoms with van der Waals surface area (Å²) in [5, 5.41) is 5.32. The molecule has 7 heteroatoms. The van der Waals surface area contributed by atoms with Gasteiger partial charge in [0.25, 0.3) is 5.56 Å². The first-order valence-electron chi connectivity index (χ1n) is 9.69. The second-order valence-corrected chi connectivity index (χ2v) is 7.41. The van der Waals surface area contributed by atoms with Crippen molar-refractivity contribution in [3.8, 4) is 0 Å². The molecule has 27 heavy (non-hydrogen) atoms. The number of benzene rings is 1. The molecule has 142 valence electrons. The molecule has 0 atom stereocenters. The second-order valence-electron chi connectivity index (χ2n) is 7.41. The average molecular weight is 366 g/mol. The van der Waals surface area contributed by atoms with Gasteiger partial charge in [-0.1, -0.05) is 12.1 Å². The molecule has 0 aliphatic carbocycles. The molecule has 0 N–H and O–H groups in total. The topological polar surface area (TPSA) is 68.8 Å². The van der Waals surface area contributed by atoms with Gasteiger partial charge in [-0.2, -0.15) is 5.10 Å². The fraction of sp³-hybridized carbons (Fsp3) is 0.500. The SMILES string of the molecule is CCn1nc(CC2CCN(C)CC2)nc1Cn1cnc2ccccc2c1=O. The van der Waals surface area contributed by atoms with Crippen LogP contribution in [0.15, 0.2) is 35.4 Å². The first kappa shape index (κ1) is 17.9. The van der Waals surface area contributed by atoms with E-state index in [1.807, 2.05) is 28.9 Å². The van der Waals surface area contributed by atoms with Crippen LogP contribution in [0.1, 0.15) is 31.4 Å². The van der Waals surface area contributed by atoms with Crippen molar-refractivity contribution >= 4 is 10.9 Å². The molecule has 3 aromatic rings. The molecule has 1 fully saturated rings. The predicted molar refractivity (Wildman–Crippen MR) is 105 cm³/mol. The number of aromatic nitrogens is 5. The van der Waals surface area contributed by atoms with E-state index in [-0.39, 0.29) is 5.56 Å². The summed E-state index contributed by atoms with van der Waals surface area (Å²) in [6.07, 6.45) is 4.91. The van der Waals surface area contributed by atoms with Gasteiger partial charge in [-0.25, -0.2) is 14.6 Å². The highest BCUT2D eigenvalue weighted by atomic mass is 16.1. The maximum atomic E-state index is 12.7. The summed E-state index contributed by atoms with van der Waals surface area (Å²) in [5.74, 6) is 2.36. The minimum absolute atomic E-state index is 0.0388. The van der Waals surface area contributed by atoms with Gasteiger partial charge in [-0.05, 0) is 58.0 Å². The molecule has 1 aromatic carbocycles. The normalized spacial score (nSPS) is 16.2. The number of hydrogen-bond donors (Lipinski definition) is 0. The third-order valence-corrected chi connectivity index (χ3v) is 5.44. The van der Waals surface area contributed by atoms with Crippen molar-refractivity contribution in [1.82, 2.24) is 29.2 Å². The number of piperidine rings is 1. The van der Waals surface area contributed by atoms with Crippen LogP contribution in [0.5, 0.6) is 0 Å².